The number of aromatic amines is 1. The van der Waals surface area contributed by atoms with Crippen molar-refractivity contribution in [3.05, 3.63) is 58.6 Å². The van der Waals surface area contributed by atoms with Gasteiger partial charge in [0.15, 0.2) is 5.58 Å². The van der Waals surface area contributed by atoms with Crippen molar-refractivity contribution in [3.63, 3.8) is 0 Å². The number of rotatable bonds is 4. The van der Waals surface area contributed by atoms with Gasteiger partial charge in [-0.2, -0.15) is 0 Å². The van der Waals surface area contributed by atoms with E-state index in [1.807, 2.05) is 26.0 Å². The van der Waals surface area contributed by atoms with Crippen LogP contribution in [0.25, 0.3) is 11.1 Å². The lowest BCUT2D eigenvalue weighted by Gasteiger charge is -2.14. The Kier molecular flexibility index (Phi) is 3.73. The summed E-state index contributed by atoms with van der Waals surface area (Å²) in [6, 6.07) is 11.5. The molecule has 120 valence electrons. The molecule has 0 radical (unpaired) electrons. The number of para-hydroxylation sites is 1. The number of hydrogen-bond acceptors (Lipinski definition) is 4. The summed E-state index contributed by atoms with van der Waals surface area (Å²) in [5, 5.41) is 0. The van der Waals surface area contributed by atoms with Crippen LogP contribution in [0.4, 0.5) is 5.69 Å². The molecule has 1 heterocycles. The van der Waals surface area contributed by atoms with Crippen molar-refractivity contribution >= 4 is 26.8 Å². The molecule has 0 aliphatic carbocycles. The Bertz CT molecular complexity index is 1020. The van der Waals surface area contributed by atoms with Crippen molar-refractivity contribution in [2.75, 3.05) is 4.72 Å². The van der Waals surface area contributed by atoms with Crippen LogP contribution in [0.5, 0.6) is 0 Å². The second-order valence-electron chi connectivity index (χ2n) is 5.52. The zero-order chi connectivity index (χ0) is 16.6. The van der Waals surface area contributed by atoms with E-state index < -0.39 is 15.8 Å². The average molecular weight is 332 g/mol. The van der Waals surface area contributed by atoms with Gasteiger partial charge in [-0.25, -0.2) is 13.2 Å². The van der Waals surface area contributed by atoms with Crippen molar-refractivity contribution < 1.29 is 12.8 Å². The SMILES string of the molecule is CC(C)c1ccccc1NS(=O)(=O)c1ccc2oc(=O)[nH]c2c1. The number of sulfonamides is 1. The van der Waals surface area contributed by atoms with E-state index in [4.69, 9.17) is 4.42 Å². The fourth-order valence-corrected chi connectivity index (χ4v) is 3.51. The van der Waals surface area contributed by atoms with Gasteiger partial charge in [-0.3, -0.25) is 9.71 Å². The first-order chi connectivity index (χ1) is 10.9. The topological polar surface area (TPSA) is 92.2 Å². The molecule has 0 fully saturated rings. The second-order valence-corrected chi connectivity index (χ2v) is 7.20. The van der Waals surface area contributed by atoms with E-state index in [0.29, 0.717) is 16.8 Å². The molecule has 0 spiro atoms. The van der Waals surface area contributed by atoms with Gasteiger partial charge in [0.2, 0.25) is 0 Å². The minimum absolute atomic E-state index is 0.0561. The van der Waals surface area contributed by atoms with Gasteiger partial charge in [0.1, 0.15) is 0 Å². The molecule has 0 bridgehead atoms. The van der Waals surface area contributed by atoms with E-state index in [9.17, 15) is 13.2 Å². The Morgan fingerprint density at radius 2 is 1.87 bits per heavy atom. The zero-order valence-electron chi connectivity index (χ0n) is 12.7. The lowest BCUT2D eigenvalue weighted by molar-refractivity contribution is 0.555. The van der Waals surface area contributed by atoms with E-state index in [1.165, 1.54) is 18.2 Å². The van der Waals surface area contributed by atoms with Gasteiger partial charge < -0.3 is 4.42 Å². The average Bonchev–Trinajstić information content (AvgIpc) is 2.86. The second kappa shape index (κ2) is 5.58. The Morgan fingerprint density at radius 1 is 1.13 bits per heavy atom. The summed E-state index contributed by atoms with van der Waals surface area (Å²) in [5.41, 5.74) is 2.11. The van der Waals surface area contributed by atoms with Gasteiger partial charge in [-0.05, 0) is 35.7 Å². The lowest BCUT2D eigenvalue weighted by atomic mass is 10.0. The van der Waals surface area contributed by atoms with E-state index in [1.54, 1.807) is 12.1 Å². The predicted octanol–water partition coefficient (Wildman–Crippen LogP) is 3.05. The van der Waals surface area contributed by atoms with Crippen LogP contribution in [0.2, 0.25) is 0 Å². The Morgan fingerprint density at radius 3 is 2.61 bits per heavy atom. The first-order valence-corrected chi connectivity index (χ1v) is 8.60. The molecule has 2 N–H and O–H groups in total. The van der Waals surface area contributed by atoms with Crippen LogP contribution in [-0.4, -0.2) is 13.4 Å². The number of H-pyrrole nitrogens is 1. The monoisotopic (exact) mass is 332 g/mol. The molecule has 2 aromatic carbocycles. The van der Waals surface area contributed by atoms with Gasteiger partial charge in [-0.1, -0.05) is 32.0 Å². The molecule has 0 aliphatic rings. The smallest absolute Gasteiger partial charge is 0.408 e. The van der Waals surface area contributed by atoms with E-state index >= 15 is 0 Å². The first-order valence-electron chi connectivity index (χ1n) is 7.11. The Hall–Kier alpha value is -2.54. The largest absolute Gasteiger partial charge is 0.417 e. The van der Waals surface area contributed by atoms with Crippen molar-refractivity contribution in [2.24, 2.45) is 0 Å². The van der Waals surface area contributed by atoms with Crippen LogP contribution < -0.4 is 10.5 Å². The molecule has 0 amide bonds. The molecule has 0 saturated carbocycles. The van der Waals surface area contributed by atoms with E-state index in [0.717, 1.165) is 5.56 Å². The zero-order valence-corrected chi connectivity index (χ0v) is 13.5. The summed E-state index contributed by atoms with van der Waals surface area (Å²) in [6.07, 6.45) is 0. The van der Waals surface area contributed by atoms with E-state index in [-0.39, 0.29) is 10.8 Å². The van der Waals surface area contributed by atoms with Crippen LogP contribution in [0.3, 0.4) is 0 Å². The molecular formula is C16H16N2O4S. The minimum Gasteiger partial charge on any atom is -0.408 e. The summed E-state index contributed by atoms with van der Waals surface area (Å²) >= 11 is 0. The predicted molar refractivity (Wildman–Crippen MR) is 88.2 cm³/mol. The quantitative estimate of drug-likeness (QED) is 0.768. The lowest BCUT2D eigenvalue weighted by Crippen LogP contribution is -2.14. The highest BCUT2D eigenvalue weighted by atomic mass is 32.2. The fourth-order valence-electron chi connectivity index (χ4n) is 2.40. The van der Waals surface area contributed by atoms with Crippen molar-refractivity contribution in [3.8, 4) is 0 Å². The molecule has 0 atom stereocenters. The molecule has 0 unspecified atom stereocenters. The number of aromatic nitrogens is 1. The van der Waals surface area contributed by atoms with Crippen LogP contribution in [0.1, 0.15) is 25.3 Å². The standard InChI is InChI=1S/C16H16N2O4S/c1-10(2)12-5-3-4-6-13(12)18-23(20,21)11-7-8-15-14(9-11)17-16(19)22-15/h3-10,18H,1-2H3,(H,17,19). The molecule has 0 aliphatic heterocycles. The van der Waals surface area contributed by atoms with Crippen LogP contribution in [0.15, 0.2) is 56.6 Å². The van der Waals surface area contributed by atoms with Crippen molar-refractivity contribution in [2.45, 2.75) is 24.7 Å². The number of fused-ring (bicyclic) bond motifs is 1. The van der Waals surface area contributed by atoms with Crippen LogP contribution in [-0.2, 0) is 10.0 Å². The number of benzene rings is 2. The number of anilines is 1. The van der Waals surface area contributed by atoms with Gasteiger partial charge >= 0.3 is 5.76 Å². The molecule has 3 aromatic rings. The number of oxazole rings is 1. The maximum absolute atomic E-state index is 12.6. The van der Waals surface area contributed by atoms with E-state index in [2.05, 4.69) is 9.71 Å². The Labute approximate surface area is 133 Å². The van der Waals surface area contributed by atoms with Crippen LogP contribution >= 0.6 is 0 Å². The molecule has 23 heavy (non-hydrogen) atoms. The molecule has 6 nitrogen and oxygen atoms in total. The third-order valence-electron chi connectivity index (χ3n) is 3.53. The maximum Gasteiger partial charge on any atom is 0.417 e. The van der Waals surface area contributed by atoms with Gasteiger partial charge in [0, 0.05) is 0 Å². The minimum atomic E-state index is -3.77. The highest BCUT2D eigenvalue weighted by Crippen LogP contribution is 2.26. The van der Waals surface area contributed by atoms with Crippen LogP contribution in [0, 0.1) is 0 Å². The maximum atomic E-state index is 12.6. The third-order valence-corrected chi connectivity index (χ3v) is 4.89. The Balaban J connectivity index is 2.02. The molecule has 0 saturated heterocycles. The molecule has 3 rings (SSSR count). The summed E-state index contributed by atoms with van der Waals surface area (Å²) in [5.74, 6) is -0.436. The van der Waals surface area contributed by atoms with Gasteiger partial charge in [0.25, 0.3) is 10.0 Å². The highest BCUT2D eigenvalue weighted by molar-refractivity contribution is 7.92. The highest BCUT2D eigenvalue weighted by Gasteiger charge is 2.18. The van der Waals surface area contributed by atoms with Gasteiger partial charge in [0.05, 0.1) is 16.1 Å². The molecule has 1 aromatic heterocycles. The third kappa shape index (κ3) is 3.00. The van der Waals surface area contributed by atoms with Crippen molar-refractivity contribution in [1.29, 1.82) is 0 Å². The fraction of sp³-hybridized carbons (Fsp3) is 0.188. The summed E-state index contributed by atoms with van der Waals surface area (Å²) in [7, 11) is -3.77. The molecule has 7 heteroatoms. The van der Waals surface area contributed by atoms with Crippen molar-refractivity contribution in [1.82, 2.24) is 4.98 Å². The molecular weight excluding hydrogens is 316 g/mol. The summed E-state index contributed by atoms with van der Waals surface area (Å²) in [6.45, 7) is 3.99. The normalized spacial score (nSPS) is 12.0. The number of nitrogens with one attached hydrogen (secondary N) is 2. The van der Waals surface area contributed by atoms with Gasteiger partial charge in [-0.15, -0.1) is 0 Å². The summed E-state index contributed by atoms with van der Waals surface area (Å²) in [4.78, 5) is 13.7. The first kappa shape index (κ1) is 15.4. The summed E-state index contributed by atoms with van der Waals surface area (Å²) < 4.78 is 32.7. The number of hydrogen-bond donors (Lipinski definition) is 2.